The van der Waals surface area contributed by atoms with Crippen LogP contribution >= 0.6 is 0 Å². The van der Waals surface area contributed by atoms with E-state index in [4.69, 9.17) is 0 Å². The Balaban J connectivity index is 2.33. The highest BCUT2D eigenvalue weighted by atomic mass is 16.3. The van der Waals surface area contributed by atoms with E-state index in [0.717, 1.165) is 0 Å². The summed E-state index contributed by atoms with van der Waals surface area (Å²) in [5.41, 5.74) is -0.380. The van der Waals surface area contributed by atoms with Gasteiger partial charge < -0.3 is 15.7 Å². The van der Waals surface area contributed by atoms with E-state index in [-0.39, 0.29) is 28.7 Å². The number of amides is 1. The Morgan fingerprint density at radius 3 is 2.43 bits per heavy atom. The molecule has 2 aromatic rings. The van der Waals surface area contributed by atoms with Gasteiger partial charge in [0.1, 0.15) is 0 Å². The lowest BCUT2D eigenvalue weighted by Gasteiger charge is -2.14. The van der Waals surface area contributed by atoms with Gasteiger partial charge in [0.2, 0.25) is 10.9 Å². The monoisotopic (exact) mass is 288 g/mol. The summed E-state index contributed by atoms with van der Waals surface area (Å²) in [5, 5.41) is 15.5. The number of rotatable bonds is 4. The van der Waals surface area contributed by atoms with Crippen molar-refractivity contribution in [1.82, 2.24) is 5.32 Å². The first-order chi connectivity index (χ1) is 9.82. The lowest BCUT2D eigenvalue weighted by Crippen LogP contribution is -2.36. The minimum Gasteiger partial charge on any atom is -0.505 e. The number of carbonyl (C=O) groups is 1. The topological polar surface area (TPSA) is 95.5 Å². The van der Waals surface area contributed by atoms with Gasteiger partial charge in [0.15, 0.2) is 5.75 Å². The lowest BCUT2D eigenvalue weighted by atomic mass is 10.1. The fourth-order valence-corrected chi connectivity index (χ4v) is 1.96. The summed E-state index contributed by atoms with van der Waals surface area (Å²) in [7, 11) is 0. The second-order valence-corrected chi connectivity index (χ2v) is 5.11. The zero-order chi connectivity index (χ0) is 15.7. The number of anilines is 2. The fraction of sp³-hybridized carbons (Fsp3) is 0.267. The van der Waals surface area contributed by atoms with Crippen LogP contribution in [-0.4, -0.2) is 17.1 Å². The maximum absolute atomic E-state index is 11.9. The minimum atomic E-state index is -0.621. The molecule has 0 aliphatic rings. The third-order valence-electron chi connectivity index (χ3n) is 3.11. The number of benzene rings is 1. The highest BCUT2D eigenvalue weighted by molar-refractivity contribution is 5.99. The Labute approximate surface area is 121 Å². The molecule has 0 bridgehead atoms. The molecule has 1 amide bonds. The van der Waals surface area contributed by atoms with E-state index in [0.29, 0.717) is 5.56 Å². The van der Waals surface area contributed by atoms with E-state index in [2.05, 4.69) is 10.6 Å². The standard InChI is InChI=1S/C15H16N2O4/c1-7(2)16-15(21)9-5-4-6-10(13(9)19)17-11-8(3)12(18)14(11)20/h4-7,17,19H,1-3H3,(H,16,21). The molecule has 6 nitrogen and oxygen atoms in total. The van der Waals surface area contributed by atoms with Crippen LogP contribution in [0.1, 0.15) is 29.8 Å². The predicted octanol–water partition coefficient (Wildman–Crippen LogP) is 1.18. The summed E-state index contributed by atoms with van der Waals surface area (Å²) in [6.45, 7) is 5.15. The van der Waals surface area contributed by atoms with E-state index in [1.165, 1.54) is 19.1 Å². The molecule has 3 N–H and O–H groups in total. The molecule has 0 aromatic heterocycles. The van der Waals surface area contributed by atoms with Crippen LogP contribution < -0.4 is 21.5 Å². The van der Waals surface area contributed by atoms with Crippen LogP contribution in [0.25, 0.3) is 0 Å². The van der Waals surface area contributed by atoms with Crippen LogP contribution in [0.2, 0.25) is 0 Å². The maximum atomic E-state index is 11.9. The first-order valence-corrected chi connectivity index (χ1v) is 6.52. The molecule has 110 valence electrons. The lowest BCUT2D eigenvalue weighted by molar-refractivity contribution is 0.0940. The molecule has 0 heterocycles. The molecular weight excluding hydrogens is 272 g/mol. The van der Waals surface area contributed by atoms with Crippen molar-refractivity contribution in [2.75, 3.05) is 5.32 Å². The van der Waals surface area contributed by atoms with E-state index >= 15 is 0 Å². The van der Waals surface area contributed by atoms with Crippen LogP contribution in [0.15, 0.2) is 27.8 Å². The maximum Gasteiger partial charge on any atom is 0.255 e. The highest BCUT2D eigenvalue weighted by Crippen LogP contribution is 2.30. The van der Waals surface area contributed by atoms with Crippen molar-refractivity contribution in [3.05, 3.63) is 49.8 Å². The molecule has 6 heteroatoms. The number of phenols is 1. The number of nitrogens with one attached hydrogen (secondary N) is 2. The first-order valence-electron chi connectivity index (χ1n) is 6.52. The van der Waals surface area contributed by atoms with Gasteiger partial charge in [-0.1, -0.05) is 6.07 Å². The van der Waals surface area contributed by atoms with E-state index in [1.807, 2.05) is 13.8 Å². The summed E-state index contributed by atoms with van der Waals surface area (Å²) >= 11 is 0. The number of phenolic OH excluding ortho intramolecular Hbond substituents is 1. The Morgan fingerprint density at radius 2 is 1.86 bits per heavy atom. The van der Waals surface area contributed by atoms with Crippen molar-refractivity contribution in [1.29, 1.82) is 0 Å². The molecule has 0 radical (unpaired) electrons. The third kappa shape index (κ3) is 2.65. The average molecular weight is 288 g/mol. The molecule has 0 atom stereocenters. The average Bonchev–Trinajstić information content (AvgIpc) is 2.44. The molecule has 0 spiro atoms. The number of hydrogen-bond acceptors (Lipinski definition) is 5. The van der Waals surface area contributed by atoms with Crippen molar-refractivity contribution in [2.24, 2.45) is 0 Å². The first kappa shape index (κ1) is 14.8. The Kier molecular flexibility index (Phi) is 3.80. The van der Waals surface area contributed by atoms with Gasteiger partial charge >= 0.3 is 0 Å². The molecular formula is C15H16N2O4. The number of hydrogen-bond donors (Lipinski definition) is 3. The Bertz CT molecular complexity index is 770. The number of aromatic hydroxyl groups is 1. The zero-order valence-corrected chi connectivity index (χ0v) is 12.0. The summed E-state index contributed by atoms with van der Waals surface area (Å²) in [6.07, 6.45) is 0. The molecule has 21 heavy (non-hydrogen) atoms. The Morgan fingerprint density at radius 1 is 1.19 bits per heavy atom. The smallest absolute Gasteiger partial charge is 0.255 e. The van der Waals surface area contributed by atoms with Gasteiger partial charge in [-0.2, -0.15) is 0 Å². The van der Waals surface area contributed by atoms with Crippen LogP contribution in [0.5, 0.6) is 5.75 Å². The predicted molar refractivity (Wildman–Crippen MR) is 80.1 cm³/mol. The molecule has 2 rings (SSSR count). The van der Waals surface area contributed by atoms with Gasteiger partial charge in [0.25, 0.3) is 5.91 Å². The van der Waals surface area contributed by atoms with Crippen molar-refractivity contribution in [3.8, 4) is 5.75 Å². The van der Waals surface area contributed by atoms with Crippen molar-refractivity contribution >= 4 is 17.3 Å². The highest BCUT2D eigenvalue weighted by Gasteiger charge is 2.20. The van der Waals surface area contributed by atoms with E-state index in [9.17, 15) is 19.5 Å². The SMILES string of the molecule is Cc1c(Nc2cccc(C(=O)NC(C)C)c2O)c(=O)c1=O. The van der Waals surface area contributed by atoms with E-state index in [1.54, 1.807) is 6.07 Å². The van der Waals surface area contributed by atoms with Gasteiger partial charge in [0.05, 0.1) is 16.9 Å². The fourth-order valence-electron chi connectivity index (χ4n) is 1.96. The van der Waals surface area contributed by atoms with Crippen molar-refractivity contribution in [2.45, 2.75) is 26.8 Å². The van der Waals surface area contributed by atoms with Gasteiger partial charge in [-0.3, -0.25) is 14.4 Å². The molecule has 0 saturated carbocycles. The van der Waals surface area contributed by atoms with E-state index < -0.39 is 16.8 Å². The largest absolute Gasteiger partial charge is 0.505 e. The molecule has 0 unspecified atom stereocenters. The summed E-state index contributed by atoms with van der Waals surface area (Å²) in [5.74, 6) is -0.670. The van der Waals surface area contributed by atoms with Crippen LogP contribution in [0.3, 0.4) is 0 Å². The molecule has 0 fully saturated rings. The van der Waals surface area contributed by atoms with Gasteiger partial charge in [-0.25, -0.2) is 0 Å². The minimum absolute atomic E-state index is 0.0655. The normalized spacial score (nSPS) is 10.9. The second kappa shape index (κ2) is 5.40. The molecule has 0 aliphatic carbocycles. The zero-order valence-electron chi connectivity index (χ0n) is 12.0. The van der Waals surface area contributed by atoms with Crippen LogP contribution in [0.4, 0.5) is 11.4 Å². The van der Waals surface area contributed by atoms with Crippen molar-refractivity contribution < 1.29 is 9.90 Å². The quantitative estimate of drug-likeness (QED) is 0.580. The van der Waals surface area contributed by atoms with Gasteiger partial charge in [-0.15, -0.1) is 0 Å². The van der Waals surface area contributed by atoms with Gasteiger partial charge in [-0.05, 0) is 32.9 Å². The molecule has 2 aromatic carbocycles. The second-order valence-electron chi connectivity index (χ2n) is 5.11. The summed E-state index contributed by atoms with van der Waals surface area (Å²) in [4.78, 5) is 34.5. The summed E-state index contributed by atoms with van der Waals surface area (Å²) < 4.78 is 0. The van der Waals surface area contributed by atoms with Crippen molar-refractivity contribution in [3.63, 3.8) is 0 Å². The molecule has 0 saturated heterocycles. The van der Waals surface area contributed by atoms with Crippen LogP contribution in [-0.2, 0) is 0 Å². The van der Waals surface area contributed by atoms with Gasteiger partial charge in [0, 0.05) is 11.6 Å². The third-order valence-corrected chi connectivity index (χ3v) is 3.11. The Hall–Kier alpha value is -2.63. The summed E-state index contributed by atoms with van der Waals surface area (Å²) in [6, 6.07) is 4.52. The number of carbonyl (C=O) groups excluding carboxylic acids is 1. The number of para-hydroxylation sites is 1. The molecule has 0 aliphatic heterocycles. The van der Waals surface area contributed by atoms with Crippen LogP contribution in [0, 0.1) is 6.92 Å².